The first-order valence-corrected chi connectivity index (χ1v) is 11.2. The number of hydrogen-bond donors (Lipinski definition) is 2. The van der Waals surface area contributed by atoms with Crippen LogP contribution in [0.15, 0.2) is 29.4 Å². The lowest BCUT2D eigenvalue weighted by atomic mass is 9.88. The molecule has 0 aromatic heterocycles. The molecule has 2 aliphatic rings. The second-order valence-electron chi connectivity index (χ2n) is 7.52. The number of thioether (sulfide) groups is 1. The van der Waals surface area contributed by atoms with E-state index in [1.54, 1.807) is 31.4 Å². The van der Waals surface area contributed by atoms with E-state index >= 15 is 0 Å². The van der Waals surface area contributed by atoms with Crippen LogP contribution in [0, 0.1) is 5.92 Å². The van der Waals surface area contributed by atoms with Crippen LogP contribution in [0.2, 0.25) is 0 Å². The Labute approximate surface area is 180 Å². The number of rotatable bonds is 7. The number of nitrogens with zero attached hydrogens (tertiary/aromatic N) is 2. The molecule has 0 radical (unpaired) electrons. The van der Waals surface area contributed by atoms with Gasteiger partial charge in [-0.05, 0) is 30.5 Å². The monoisotopic (exact) mass is 432 g/mol. The summed E-state index contributed by atoms with van der Waals surface area (Å²) in [6.07, 6.45) is 4.74. The summed E-state index contributed by atoms with van der Waals surface area (Å²) in [4.78, 5) is 40.2. The molecule has 3 rings (SSSR count). The number of carbonyl (C=O) groups is 3. The fourth-order valence-corrected chi connectivity index (χ4v) is 4.57. The molecule has 9 heteroatoms. The van der Waals surface area contributed by atoms with Crippen molar-refractivity contribution in [3.63, 3.8) is 0 Å². The summed E-state index contributed by atoms with van der Waals surface area (Å²) < 4.78 is 5.16. The molecule has 2 amide bonds. The van der Waals surface area contributed by atoms with E-state index in [-0.39, 0.29) is 11.8 Å². The lowest BCUT2D eigenvalue weighted by Crippen LogP contribution is -2.43. The van der Waals surface area contributed by atoms with Crippen LogP contribution in [-0.4, -0.2) is 54.1 Å². The molecule has 162 valence electrons. The fourth-order valence-electron chi connectivity index (χ4n) is 3.60. The van der Waals surface area contributed by atoms with Crippen LogP contribution in [0.4, 0.5) is 0 Å². The van der Waals surface area contributed by atoms with E-state index in [2.05, 4.69) is 15.8 Å². The standard InChI is InChI=1S/C21H28N4O4S/c1-25-12-13-30-21(25)24-23-20(28)18(26)17(14-8-10-16(29-2)11-9-14)22-19(27)15-6-4-3-5-7-15/h8-11,15,17H,3-7,12-13H2,1-2H3,(H,22,27)(H,23,28)/b24-21-. The summed E-state index contributed by atoms with van der Waals surface area (Å²) >= 11 is 1.51. The van der Waals surface area contributed by atoms with Gasteiger partial charge in [0, 0.05) is 25.3 Å². The van der Waals surface area contributed by atoms with Crippen molar-refractivity contribution in [1.29, 1.82) is 0 Å². The molecule has 30 heavy (non-hydrogen) atoms. The molecule has 1 aromatic rings. The molecule has 0 bridgehead atoms. The maximum Gasteiger partial charge on any atom is 0.310 e. The summed E-state index contributed by atoms with van der Waals surface area (Å²) in [6, 6.07) is 5.69. The molecule has 1 atom stereocenters. The third-order valence-corrected chi connectivity index (χ3v) is 6.48. The Balaban J connectivity index is 1.75. The van der Waals surface area contributed by atoms with E-state index < -0.39 is 17.7 Å². The van der Waals surface area contributed by atoms with Crippen LogP contribution in [0.3, 0.4) is 0 Å². The summed E-state index contributed by atoms with van der Waals surface area (Å²) in [5.74, 6) is -0.410. The van der Waals surface area contributed by atoms with Crippen molar-refractivity contribution < 1.29 is 19.1 Å². The summed E-state index contributed by atoms with van der Waals surface area (Å²) in [5, 5.41) is 7.51. The minimum Gasteiger partial charge on any atom is -0.497 e. The Hall–Kier alpha value is -2.55. The SMILES string of the molecule is COc1ccc(C(NC(=O)C2CCCCC2)C(=O)C(=O)N/N=C2\SCCN2C)cc1. The predicted octanol–water partition coefficient (Wildman–Crippen LogP) is 2.07. The Morgan fingerprint density at radius 1 is 1.17 bits per heavy atom. The van der Waals surface area contributed by atoms with Crippen LogP contribution in [-0.2, 0) is 14.4 Å². The van der Waals surface area contributed by atoms with Gasteiger partial charge in [0.15, 0.2) is 5.17 Å². The van der Waals surface area contributed by atoms with Crippen LogP contribution in [0.1, 0.15) is 43.7 Å². The molecule has 1 saturated carbocycles. The van der Waals surface area contributed by atoms with Crippen molar-refractivity contribution in [2.75, 3.05) is 26.5 Å². The first-order chi connectivity index (χ1) is 14.5. The van der Waals surface area contributed by atoms with E-state index in [9.17, 15) is 14.4 Å². The zero-order valence-electron chi connectivity index (χ0n) is 17.3. The second-order valence-corrected chi connectivity index (χ2v) is 8.58. The quantitative estimate of drug-likeness (QED) is 0.505. The average Bonchev–Trinajstić information content (AvgIpc) is 3.20. The van der Waals surface area contributed by atoms with Gasteiger partial charge < -0.3 is 15.0 Å². The molecular weight excluding hydrogens is 404 g/mol. The van der Waals surface area contributed by atoms with E-state index in [4.69, 9.17) is 4.74 Å². The molecule has 1 heterocycles. The number of benzene rings is 1. The minimum absolute atomic E-state index is 0.126. The smallest absolute Gasteiger partial charge is 0.310 e. The molecule has 1 unspecified atom stereocenters. The van der Waals surface area contributed by atoms with Crippen LogP contribution in [0.5, 0.6) is 5.75 Å². The number of carbonyl (C=O) groups excluding carboxylic acids is 3. The number of methoxy groups -OCH3 is 1. The first-order valence-electron chi connectivity index (χ1n) is 10.2. The Morgan fingerprint density at radius 3 is 2.47 bits per heavy atom. The molecule has 1 aliphatic heterocycles. The number of ketones is 1. The Morgan fingerprint density at radius 2 is 1.87 bits per heavy atom. The predicted molar refractivity (Wildman–Crippen MR) is 116 cm³/mol. The molecule has 0 spiro atoms. The van der Waals surface area contributed by atoms with Gasteiger partial charge in [-0.25, -0.2) is 5.43 Å². The molecule has 1 aliphatic carbocycles. The first kappa shape index (κ1) is 22.1. The van der Waals surface area contributed by atoms with Gasteiger partial charge in [-0.2, -0.15) is 0 Å². The van der Waals surface area contributed by atoms with Crippen molar-refractivity contribution >= 4 is 34.5 Å². The van der Waals surface area contributed by atoms with E-state index in [1.165, 1.54) is 11.8 Å². The van der Waals surface area contributed by atoms with Crippen molar-refractivity contribution in [3.8, 4) is 5.75 Å². The van der Waals surface area contributed by atoms with Gasteiger partial charge >= 0.3 is 5.91 Å². The molecule has 1 aromatic carbocycles. The highest BCUT2D eigenvalue weighted by Gasteiger charge is 2.31. The maximum atomic E-state index is 13.0. The number of Topliss-reactive ketones (excluding diaryl/α,β-unsaturated/α-hetero) is 1. The van der Waals surface area contributed by atoms with E-state index in [1.807, 2.05) is 11.9 Å². The van der Waals surface area contributed by atoms with Gasteiger partial charge in [0.05, 0.1) is 7.11 Å². The topological polar surface area (TPSA) is 100 Å². The Kier molecular flexibility index (Phi) is 7.73. The number of ether oxygens (including phenoxy) is 1. The fraction of sp³-hybridized carbons (Fsp3) is 0.524. The highest BCUT2D eigenvalue weighted by atomic mass is 32.2. The van der Waals surface area contributed by atoms with Gasteiger partial charge in [-0.1, -0.05) is 43.2 Å². The highest BCUT2D eigenvalue weighted by molar-refractivity contribution is 8.14. The summed E-state index contributed by atoms with van der Waals surface area (Å²) in [7, 11) is 3.42. The minimum atomic E-state index is -1.07. The third kappa shape index (κ3) is 5.53. The number of hydrogen-bond acceptors (Lipinski definition) is 6. The number of amides is 2. The average molecular weight is 433 g/mol. The lowest BCUT2D eigenvalue weighted by molar-refractivity contribution is -0.140. The highest BCUT2D eigenvalue weighted by Crippen LogP contribution is 2.26. The Bertz CT molecular complexity index is 806. The molecular formula is C21H28N4O4S. The van der Waals surface area contributed by atoms with Crippen LogP contribution in [0.25, 0.3) is 0 Å². The van der Waals surface area contributed by atoms with E-state index in [0.29, 0.717) is 16.5 Å². The van der Waals surface area contributed by atoms with Crippen molar-refractivity contribution in [1.82, 2.24) is 15.6 Å². The van der Waals surface area contributed by atoms with Crippen molar-refractivity contribution in [2.45, 2.75) is 38.1 Å². The molecule has 1 saturated heterocycles. The van der Waals surface area contributed by atoms with Crippen molar-refractivity contribution in [2.24, 2.45) is 11.0 Å². The largest absolute Gasteiger partial charge is 0.497 e. The van der Waals surface area contributed by atoms with Gasteiger partial charge in [0.25, 0.3) is 0 Å². The summed E-state index contributed by atoms with van der Waals surface area (Å²) in [6.45, 7) is 0.833. The maximum absolute atomic E-state index is 13.0. The van der Waals surface area contributed by atoms with Gasteiger partial charge in [-0.3, -0.25) is 14.4 Å². The molecule has 2 N–H and O–H groups in total. The zero-order chi connectivity index (χ0) is 21.5. The van der Waals surface area contributed by atoms with Crippen molar-refractivity contribution in [3.05, 3.63) is 29.8 Å². The lowest BCUT2D eigenvalue weighted by Gasteiger charge is -2.24. The number of amidine groups is 1. The normalized spacial score (nSPS) is 19.4. The van der Waals surface area contributed by atoms with E-state index in [0.717, 1.165) is 44.4 Å². The number of hydrazone groups is 1. The molecule has 8 nitrogen and oxygen atoms in total. The molecule has 2 fully saturated rings. The second kappa shape index (κ2) is 10.5. The zero-order valence-corrected chi connectivity index (χ0v) is 18.2. The number of nitrogens with one attached hydrogen (secondary N) is 2. The van der Waals surface area contributed by atoms with Gasteiger partial charge in [0.2, 0.25) is 11.7 Å². The van der Waals surface area contributed by atoms with Crippen LogP contribution >= 0.6 is 11.8 Å². The van der Waals surface area contributed by atoms with Gasteiger partial charge in [-0.15, -0.1) is 5.10 Å². The van der Waals surface area contributed by atoms with Crippen LogP contribution < -0.4 is 15.5 Å². The van der Waals surface area contributed by atoms with Gasteiger partial charge in [0.1, 0.15) is 11.8 Å². The third-order valence-electron chi connectivity index (χ3n) is 5.44. The summed E-state index contributed by atoms with van der Waals surface area (Å²) in [5.41, 5.74) is 2.87.